The maximum Gasteiger partial charge on any atom is 0.360 e. The van der Waals surface area contributed by atoms with Crippen molar-refractivity contribution in [3.8, 4) is 11.6 Å². The van der Waals surface area contributed by atoms with Crippen molar-refractivity contribution in [3.05, 3.63) is 47.9 Å². The number of aromatic carboxylic acids is 1. The molecule has 0 amide bonds. The highest BCUT2D eigenvalue weighted by Crippen LogP contribution is 2.25. The van der Waals surface area contributed by atoms with Gasteiger partial charge in [-0.3, -0.25) is 0 Å². The maximum atomic E-state index is 13.3. The minimum absolute atomic E-state index is 0.408. The second kappa shape index (κ2) is 4.74. The van der Waals surface area contributed by atoms with Crippen molar-refractivity contribution < 1.29 is 23.4 Å². The lowest BCUT2D eigenvalue weighted by molar-refractivity contribution is 0.0686. The van der Waals surface area contributed by atoms with Crippen LogP contribution in [0.4, 0.5) is 8.78 Å². The molecule has 0 saturated heterocycles. The fraction of sp³-hybridized carbons (Fsp3) is 0. The van der Waals surface area contributed by atoms with Crippen LogP contribution in [0.3, 0.4) is 0 Å². The molecule has 1 aromatic carbocycles. The highest BCUT2D eigenvalue weighted by molar-refractivity contribution is 5.87. The normalized spacial score (nSPS) is 10.1. The fourth-order valence-corrected chi connectivity index (χ4v) is 1.21. The van der Waals surface area contributed by atoms with E-state index in [9.17, 15) is 13.6 Å². The Hall–Kier alpha value is -2.57. The van der Waals surface area contributed by atoms with Gasteiger partial charge in [-0.2, -0.15) is 0 Å². The summed E-state index contributed by atoms with van der Waals surface area (Å²) in [4.78, 5) is 17.9. The minimum atomic E-state index is -1.38. The molecule has 0 aliphatic carbocycles. The number of halogens is 2. The van der Waals surface area contributed by atoms with Crippen molar-refractivity contribution in [1.82, 2.24) is 9.97 Å². The third-order valence-electron chi connectivity index (χ3n) is 1.97. The van der Waals surface area contributed by atoms with E-state index in [0.717, 1.165) is 24.4 Å². The van der Waals surface area contributed by atoms with E-state index in [-0.39, 0.29) is 0 Å². The Morgan fingerprint density at radius 2 is 1.94 bits per heavy atom. The highest BCUT2D eigenvalue weighted by atomic mass is 19.1. The molecule has 18 heavy (non-hydrogen) atoms. The Morgan fingerprint density at radius 1 is 1.22 bits per heavy atom. The van der Waals surface area contributed by atoms with Crippen molar-refractivity contribution >= 4 is 5.97 Å². The average molecular weight is 252 g/mol. The molecule has 0 unspecified atom stereocenters. The van der Waals surface area contributed by atoms with E-state index < -0.39 is 34.9 Å². The standard InChI is InChI=1S/C11H6F2N2O3/c12-6-1-2-7(13)8(5-6)18-10-9(11(16)17)14-3-4-15-10/h1-5H,(H,16,17). The number of carboxylic acids is 1. The van der Waals surface area contributed by atoms with Gasteiger partial charge in [0, 0.05) is 18.5 Å². The van der Waals surface area contributed by atoms with Crippen LogP contribution >= 0.6 is 0 Å². The van der Waals surface area contributed by atoms with Crippen molar-refractivity contribution in [1.29, 1.82) is 0 Å². The van der Waals surface area contributed by atoms with Gasteiger partial charge in [0.25, 0.3) is 5.88 Å². The van der Waals surface area contributed by atoms with Crippen LogP contribution in [-0.2, 0) is 0 Å². The van der Waals surface area contributed by atoms with Crippen LogP contribution in [0.15, 0.2) is 30.6 Å². The topological polar surface area (TPSA) is 72.3 Å². The van der Waals surface area contributed by atoms with E-state index in [1.807, 2.05) is 0 Å². The quantitative estimate of drug-likeness (QED) is 0.906. The molecule has 1 N–H and O–H groups in total. The predicted octanol–water partition coefficient (Wildman–Crippen LogP) is 2.25. The zero-order valence-corrected chi connectivity index (χ0v) is 8.80. The van der Waals surface area contributed by atoms with Gasteiger partial charge in [-0.15, -0.1) is 0 Å². The summed E-state index contributed by atoms with van der Waals surface area (Å²) in [5, 5.41) is 8.82. The molecule has 0 aliphatic rings. The molecule has 0 aliphatic heterocycles. The van der Waals surface area contributed by atoms with E-state index >= 15 is 0 Å². The molecule has 1 aromatic heterocycles. The molecular weight excluding hydrogens is 246 g/mol. The number of hydrogen-bond donors (Lipinski definition) is 1. The second-order valence-corrected chi connectivity index (χ2v) is 3.19. The van der Waals surface area contributed by atoms with Crippen LogP contribution in [-0.4, -0.2) is 21.0 Å². The first-order chi connectivity index (χ1) is 8.58. The van der Waals surface area contributed by atoms with E-state index in [4.69, 9.17) is 9.84 Å². The van der Waals surface area contributed by atoms with Crippen LogP contribution in [0, 0.1) is 11.6 Å². The first-order valence-electron chi connectivity index (χ1n) is 4.75. The molecule has 0 bridgehead atoms. The smallest absolute Gasteiger partial charge is 0.360 e. The molecule has 2 rings (SSSR count). The Bertz CT molecular complexity index is 605. The number of carboxylic acid groups (broad SMARTS) is 1. The zero-order valence-electron chi connectivity index (χ0n) is 8.80. The van der Waals surface area contributed by atoms with E-state index in [1.165, 1.54) is 6.20 Å². The second-order valence-electron chi connectivity index (χ2n) is 3.19. The predicted molar refractivity (Wildman–Crippen MR) is 55.4 cm³/mol. The molecule has 0 radical (unpaired) electrons. The van der Waals surface area contributed by atoms with Gasteiger partial charge in [-0.1, -0.05) is 0 Å². The first-order valence-corrected chi connectivity index (χ1v) is 4.75. The SMILES string of the molecule is O=C(O)c1nccnc1Oc1cc(F)ccc1F. The zero-order chi connectivity index (χ0) is 13.1. The Balaban J connectivity index is 2.40. The summed E-state index contributed by atoms with van der Waals surface area (Å²) in [5.41, 5.74) is -0.485. The summed E-state index contributed by atoms with van der Waals surface area (Å²) in [6, 6.07) is 2.56. The molecule has 0 atom stereocenters. The lowest BCUT2D eigenvalue weighted by Gasteiger charge is -2.07. The van der Waals surface area contributed by atoms with Gasteiger partial charge >= 0.3 is 5.97 Å². The summed E-state index contributed by atoms with van der Waals surface area (Å²) < 4.78 is 31.1. The largest absolute Gasteiger partial charge is 0.476 e. The first kappa shape index (κ1) is 11.9. The number of hydrogen-bond acceptors (Lipinski definition) is 4. The highest BCUT2D eigenvalue weighted by Gasteiger charge is 2.16. The number of rotatable bonds is 3. The minimum Gasteiger partial charge on any atom is -0.476 e. The summed E-state index contributed by atoms with van der Waals surface area (Å²) in [7, 11) is 0. The molecule has 0 saturated carbocycles. The lowest BCUT2D eigenvalue weighted by Crippen LogP contribution is -2.05. The summed E-state index contributed by atoms with van der Waals surface area (Å²) >= 11 is 0. The Morgan fingerprint density at radius 3 is 2.67 bits per heavy atom. The van der Waals surface area contributed by atoms with Gasteiger partial charge in [0.15, 0.2) is 11.6 Å². The van der Waals surface area contributed by atoms with Crippen LogP contribution in [0.5, 0.6) is 11.6 Å². The van der Waals surface area contributed by atoms with Gasteiger partial charge in [-0.05, 0) is 12.1 Å². The van der Waals surface area contributed by atoms with Crippen LogP contribution in [0.1, 0.15) is 10.5 Å². The Labute approximate surface area is 99.7 Å². The van der Waals surface area contributed by atoms with Crippen molar-refractivity contribution in [2.75, 3.05) is 0 Å². The fourth-order valence-electron chi connectivity index (χ4n) is 1.21. The number of nitrogens with zero attached hydrogens (tertiary/aromatic N) is 2. The molecule has 1 heterocycles. The van der Waals surface area contributed by atoms with Gasteiger partial charge in [0.1, 0.15) is 5.82 Å². The molecule has 0 fully saturated rings. The van der Waals surface area contributed by atoms with Crippen LogP contribution in [0.25, 0.3) is 0 Å². The third-order valence-corrected chi connectivity index (χ3v) is 1.97. The van der Waals surface area contributed by atoms with Gasteiger partial charge in [0.2, 0.25) is 5.69 Å². The molecule has 5 nitrogen and oxygen atoms in total. The third kappa shape index (κ3) is 2.40. The monoisotopic (exact) mass is 252 g/mol. The summed E-state index contributed by atoms with van der Waals surface area (Å²) in [6.07, 6.45) is 2.33. The van der Waals surface area contributed by atoms with E-state index in [1.54, 1.807) is 0 Å². The van der Waals surface area contributed by atoms with Gasteiger partial charge in [-0.25, -0.2) is 23.5 Å². The lowest BCUT2D eigenvalue weighted by atomic mass is 10.3. The maximum absolute atomic E-state index is 13.3. The number of carbonyl (C=O) groups is 1. The van der Waals surface area contributed by atoms with Gasteiger partial charge in [0.05, 0.1) is 0 Å². The van der Waals surface area contributed by atoms with E-state index in [0.29, 0.717) is 0 Å². The van der Waals surface area contributed by atoms with Crippen molar-refractivity contribution in [3.63, 3.8) is 0 Å². The van der Waals surface area contributed by atoms with Crippen LogP contribution < -0.4 is 4.74 Å². The molecule has 7 heteroatoms. The summed E-state index contributed by atoms with van der Waals surface area (Å²) in [5.74, 6) is -3.80. The van der Waals surface area contributed by atoms with Crippen molar-refractivity contribution in [2.24, 2.45) is 0 Å². The van der Waals surface area contributed by atoms with Crippen LogP contribution in [0.2, 0.25) is 0 Å². The number of aromatic nitrogens is 2. The number of benzene rings is 1. The molecular formula is C11H6F2N2O3. The Kier molecular flexibility index (Phi) is 3.13. The van der Waals surface area contributed by atoms with E-state index in [2.05, 4.69) is 9.97 Å². The summed E-state index contributed by atoms with van der Waals surface area (Å²) in [6.45, 7) is 0. The van der Waals surface area contributed by atoms with Gasteiger partial charge < -0.3 is 9.84 Å². The molecule has 92 valence electrons. The molecule has 0 spiro atoms. The van der Waals surface area contributed by atoms with Crippen molar-refractivity contribution in [2.45, 2.75) is 0 Å². The molecule has 2 aromatic rings. The average Bonchev–Trinajstić information content (AvgIpc) is 2.34. The number of ether oxygens (including phenoxy) is 1.